The molecule has 11 aromatic rings. The minimum atomic E-state index is 0.371. The highest BCUT2D eigenvalue weighted by Gasteiger charge is 2.22. The van der Waals surface area contributed by atoms with Crippen LogP contribution in [0, 0.1) is 13.8 Å². The van der Waals surface area contributed by atoms with Crippen molar-refractivity contribution in [1.29, 1.82) is 0 Å². The Bertz CT molecular complexity index is 3300. The molecule has 0 aliphatic carbocycles. The van der Waals surface area contributed by atoms with E-state index in [4.69, 9.17) is 8.83 Å². The SMILES string of the molecule is Cc1ccccc1N(c1ccc2cc3c(cc2c1)oc1cc2oc4cc5cc(N(c6ccccc6C)c6ccccc6C(C)C)ccc5cc4c2cc13)c1ccccc1C(C)C. The molecule has 0 N–H and O–H groups in total. The topological polar surface area (TPSA) is 32.8 Å². The second-order valence-corrected chi connectivity index (χ2v) is 17.5. The van der Waals surface area contributed by atoms with Crippen molar-refractivity contribution in [3.63, 3.8) is 0 Å². The molecule has 0 aliphatic rings. The van der Waals surface area contributed by atoms with E-state index in [9.17, 15) is 0 Å². The van der Waals surface area contributed by atoms with Crippen LogP contribution in [0.2, 0.25) is 0 Å². The minimum absolute atomic E-state index is 0.371. The Hall–Kier alpha value is -7.30. The third kappa shape index (κ3) is 6.20. The van der Waals surface area contributed by atoms with Gasteiger partial charge in [0, 0.05) is 61.7 Å². The van der Waals surface area contributed by atoms with E-state index in [0.29, 0.717) is 11.8 Å². The van der Waals surface area contributed by atoms with Gasteiger partial charge in [-0.3, -0.25) is 0 Å². The van der Waals surface area contributed by atoms with E-state index in [2.05, 4.69) is 221 Å². The molecule has 4 heteroatoms. The quantitative estimate of drug-likeness (QED) is 0.153. The highest BCUT2D eigenvalue weighted by molar-refractivity contribution is 6.18. The Labute approximate surface area is 362 Å². The summed E-state index contributed by atoms with van der Waals surface area (Å²) in [6, 6.07) is 61.7. The molecule has 0 unspecified atom stereocenters. The number of furan rings is 2. The first-order valence-electron chi connectivity index (χ1n) is 21.8. The summed E-state index contributed by atoms with van der Waals surface area (Å²) in [4.78, 5) is 4.81. The normalized spacial score (nSPS) is 12.0. The molecule has 0 aliphatic heterocycles. The van der Waals surface area contributed by atoms with E-state index in [1.807, 2.05) is 0 Å². The Morgan fingerprint density at radius 1 is 0.339 bits per heavy atom. The lowest BCUT2D eigenvalue weighted by Crippen LogP contribution is -2.13. The molecule has 0 atom stereocenters. The Kier molecular flexibility index (Phi) is 8.94. The molecule has 0 radical (unpaired) electrons. The molecule has 302 valence electrons. The van der Waals surface area contributed by atoms with E-state index in [-0.39, 0.29) is 0 Å². The van der Waals surface area contributed by atoms with E-state index in [1.54, 1.807) is 0 Å². The van der Waals surface area contributed by atoms with E-state index in [0.717, 1.165) is 66.0 Å². The van der Waals surface area contributed by atoms with Gasteiger partial charge in [-0.15, -0.1) is 0 Å². The van der Waals surface area contributed by atoms with Crippen LogP contribution in [0.25, 0.3) is 65.4 Å². The number of hydrogen-bond donors (Lipinski definition) is 0. The average molecular weight is 805 g/mol. The van der Waals surface area contributed by atoms with Crippen molar-refractivity contribution in [3.05, 3.63) is 192 Å². The predicted octanol–water partition coefficient (Wildman–Crippen LogP) is 17.6. The molecule has 11 rings (SSSR count). The Morgan fingerprint density at radius 2 is 0.710 bits per heavy atom. The zero-order valence-electron chi connectivity index (χ0n) is 36.0. The molecule has 0 saturated heterocycles. The van der Waals surface area contributed by atoms with Crippen LogP contribution >= 0.6 is 0 Å². The van der Waals surface area contributed by atoms with Crippen molar-refractivity contribution in [2.24, 2.45) is 0 Å². The van der Waals surface area contributed by atoms with Crippen molar-refractivity contribution < 1.29 is 8.83 Å². The van der Waals surface area contributed by atoms with E-state index < -0.39 is 0 Å². The third-order valence-electron chi connectivity index (χ3n) is 12.8. The second kappa shape index (κ2) is 14.7. The molecular weight excluding hydrogens is 757 g/mol. The number of rotatable bonds is 8. The monoisotopic (exact) mass is 804 g/mol. The summed E-state index contributed by atoms with van der Waals surface area (Å²) in [6.07, 6.45) is 0. The van der Waals surface area contributed by atoms with Gasteiger partial charge in [-0.05, 0) is 148 Å². The van der Waals surface area contributed by atoms with Crippen LogP contribution in [0.1, 0.15) is 61.8 Å². The van der Waals surface area contributed by atoms with Crippen molar-refractivity contribution in [2.75, 3.05) is 9.80 Å². The summed E-state index contributed by atoms with van der Waals surface area (Å²) in [7, 11) is 0. The van der Waals surface area contributed by atoms with Crippen molar-refractivity contribution in [2.45, 2.75) is 53.4 Å². The summed E-state index contributed by atoms with van der Waals surface area (Å²) >= 11 is 0. The molecule has 0 amide bonds. The number of hydrogen-bond acceptors (Lipinski definition) is 4. The lowest BCUT2D eigenvalue weighted by atomic mass is 9.98. The van der Waals surface area contributed by atoms with Crippen LogP contribution in [0.4, 0.5) is 34.1 Å². The maximum Gasteiger partial charge on any atom is 0.139 e. The predicted molar refractivity (Wildman–Crippen MR) is 263 cm³/mol. The fourth-order valence-corrected chi connectivity index (χ4v) is 9.59. The maximum absolute atomic E-state index is 6.66. The first-order chi connectivity index (χ1) is 30.2. The lowest BCUT2D eigenvalue weighted by Gasteiger charge is -2.30. The summed E-state index contributed by atoms with van der Waals surface area (Å²) < 4.78 is 13.3. The molecule has 4 nitrogen and oxygen atoms in total. The van der Waals surface area contributed by atoms with Crippen LogP contribution in [0.15, 0.2) is 179 Å². The van der Waals surface area contributed by atoms with Crippen molar-refractivity contribution >= 4 is 99.5 Å². The zero-order chi connectivity index (χ0) is 42.2. The number of aryl methyl sites for hydroxylation is 2. The van der Waals surface area contributed by atoms with Crippen LogP contribution in [0.5, 0.6) is 0 Å². The molecule has 0 saturated carbocycles. The fourth-order valence-electron chi connectivity index (χ4n) is 9.59. The summed E-state index contributed by atoms with van der Waals surface area (Å²) in [6.45, 7) is 13.4. The number of anilines is 6. The van der Waals surface area contributed by atoms with Crippen LogP contribution in [-0.2, 0) is 0 Å². The fraction of sp³-hybridized carbons (Fsp3) is 0.138. The minimum Gasteiger partial charge on any atom is -0.456 e. The van der Waals surface area contributed by atoms with E-state index in [1.165, 1.54) is 55.8 Å². The van der Waals surface area contributed by atoms with Crippen LogP contribution < -0.4 is 9.80 Å². The molecular formula is C58H48N2O2. The summed E-state index contributed by atoms with van der Waals surface area (Å²) in [5, 5.41) is 8.96. The molecule has 0 bridgehead atoms. The van der Waals surface area contributed by atoms with Crippen molar-refractivity contribution in [3.8, 4) is 0 Å². The molecule has 0 fully saturated rings. The van der Waals surface area contributed by atoms with Gasteiger partial charge in [-0.1, -0.05) is 113 Å². The molecule has 62 heavy (non-hydrogen) atoms. The van der Waals surface area contributed by atoms with Crippen LogP contribution in [0.3, 0.4) is 0 Å². The number of fused-ring (bicyclic) bond motifs is 8. The smallest absolute Gasteiger partial charge is 0.139 e. The van der Waals surface area contributed by atoms with Gasteiger partial charge >= 0.3 is 0 Å². The van der Waals surface area contributed by atoms with Gasteiger partial charge < -0.3 is 18.6 Å². The van der Waals surface area contributed by atoms with Gasteiger partial charge in [0.25, 0.3) is 0 Å². The van der Waals surface area contributed by atoms with Crippen molar-refractivity contribution in [1.82, 2.24) is 0 Å². The average Bonchev–Trinajstić information content (AvgIpc) is 3.81. The molecule has 2 aromatic heterocycles. The Morgan fingerprint density at radius 3 is 1.13 bits per heavy atom. The van der Waals surface area contributed by atoms with Gasteiger partial charge in [-0.2, -0.15) is 0 Å². The number of nitrogens with zero attached hydrogens (tertiary/aromatic N) is 2. The van der Waals surface area contributed by atoms with Gasteiger partial charge in [0.15, 0.2) is 0 Å². The largest absolute Gasteiger partial charge is 0.456 e. The molecule has 2 heterocycles. The summed E-state index contributed by atoms with van der Waals surface area (Å²) in [5.41, 5.74) is 15.4. The highest BCUT2D eigenvalue weighted by atomic mass is 16.3. The number of para-hydroxylation sites is 4. The second-order valence-electron chi connectivity index (χ2n) is 17.5. The van der Waals surface area contributed by atoms with Crippen LogP contribution in [-0.4, -0.2) is 0 Å². The highest BCUT2D eigenvalue weighted by Crippen LogP contribution is 2.45. The zero-order valence-corrected chi connectivity index (χ0v) is 36.0. The maximum atomic E-state index is 6.66. The summed E-state index contributed by atoms with van der Waals surface area (Å²) in [5.74, 6) is 0.742. The van der Waals surface area contributed by atoms with Gasteiger partial charge in [-0.25, -0.2) is 0 Å². The third-order valence-corrected chi connectivity index (χ3v) is 12.8. The van der Waals surface area contributed by atoms with E-state index >= 15 is 0 Å². The Balaban J connectivity index is 1.02. The molecule has 9 aromatic carbocycles. The standard InChI is InChI=1S/C58H48N2O2/c1-35(2)45-17-9-13-21-53(45)59(51-19-11-7-15-37(51)5)43-25-23-39-29-47-49-33-50-48-30-40-24-26-44(60(52-20-12-8-16-38(52)6)54-22-14-10-18-46(54)36(3)4)28-42(40)32-56(48)62-58(50)34-57(49)61-55(47)31-41(39)27-43/h7-36H,1-6H3. The number of benzene rings is 9. The lowest BCUT2D eigenvalue weighted by molar-refractivity contribution is 0.656. The van der Waals surface area contributed by atoms with Gasteiger partial charge in [0.1, 0.15) is 22.3 Å². The first-order valence-corrected chi connectivity index (χ1v) is 21.8. The van der Waals surface area contributed by atoms with Gasteiger partial charge in [0.05, 0.1) is 0 Å². The molecule has 0 spiro atoms. The first kappa shape index (κ1) is 37.7. The van der Waals surface area contributed by atoms with Gasteiger partial charge in [0.2, 0.25) is 0 Å².